The molecule has 1 aliphatic carbocycles. The number of piperidine rings is 1. The Balaban J connectivity index is 2.09. The fourth-order valence-electron chi connectivity index (χ4n) is 3.58. The van der Waals surface area contributed by atoms with Crippen molar-refractivity contribution >= 4 is 5.91 Å². The van der Waals surface area contributed by atoms with Gasteiger partial charge in [0.1, 0.15) is 5.54 Å². The van der Waals surface area contributed by atoms with Gasteiger partial charge in [-0.3, -0.25) is 10.1 Å². The summed E-state index contributed by atoms with van der Waals surface area (Å²) >= 11 is 0. The molecule has 4 nitrogen and oxygen atoms in total. The lowest BCUT2D eigenvalue weighted by Gasteiger charge is -2.42. The van der Waals surface area contributed by atoms with E-state index in [9.17, 15) is 4.79 Å². The van der Waals surface area contributed by atoms with Gasteiger partial charge in [0.25, 0.3) is 0 Å². The van der Waals surface area contributed by atoms with Gasteiger partial charge < -0.3 is 10.6 Å². The quantitative estimate of drug-likeness (QED) is 0.777. The number of carbonyl (C=O) groups excluding carboxylic acids is 1. The first kappa shape index (κ1) is 15.8. The van der Waals surface area contributed by atoms with Gasteiger partial charge in [-0.15, -0.1) is 0 Å². The maximum atomic E-state index is 12.2. The number of nitrogens with one attached hydrogen (secondary N) is 1. The maximum Gasteiger partial charge on any atom is 0.239 e. The van der Waals surface area contributed by atoms with Crippen LogP contribution in [-0.4, -0.2) is 42.0 Å². The molecule has 1 saturated carbocycles. The minimum absolute atomic E-state index is 0.167. The van der Waals surface area contributed by atoms with E-state index in [1.807, 2.05) is 0 Å². The molecule has 2 aliphatic rings. The fraction of sp³-hybridized carbons (Fsp3) is 0.938. The second kappa shape index (κ2) is 6.02. The summed E-state index contributed by atoms with van der Waals surface area (Å²) in [5, 5.41) is 3.51. The van der Waals surface area contributed by atoms with Crippen molar-refractivity contribution in [3.05, 3.63) is 0 Å². The van der Waals surface area contributed by atoms with Crippen LogP contribution < -0.4 is 11.1 Å². The molecule has 3 N–H and O–H groups in total. The molecule has 3 unspecified atom stereocenters. The first-order valence-electron chi connectivity index (χ1n) is 8.15. The highest BCUT2D eigenvalue weighted by molar-refractivity contribution is 5.86. The smallest absolute Gasteiger partial charge is 0.239 e. The second-order valence-electron chi connectivity index (χ2n) is 7.39. The van der Waals surface area contributed by atoms with Crippen LogP contribution in [0.15, 0.2) is 0 Å². The topological polar surface area (TPSA) is 58.4 Å². The number of carbonyl (C=O) groups is 1. The van der Waals surface area contributed by atoms with E-state index in [0.717, 1.165) is 38.4 Å². The number of hydrogen-bond acceptors (Lipinski definition) is 3. The minimum atomic E-state index is -0.519. The maximum absolute atomic E-state index is 12.2. The Hall–Kier alpha value is -0.610. The molecular formula is C16H31N3O. The minimum Gasteiger partial charge on any atom is -0.368 e. The van der Waals surface area contributed by atoms with Gasteiger partial charge in [-0.05, 0) is 57.4 Å². The van der Waals surface area contributed by atoms with Gasteiger partial charge in [-0.1, -0.05) is 13.8 Å². The van der Waals surface area contributed by atoms with Crippen LogP contribution in [0.1, 0.15) is 47.0 Å². The van der Waals surface area contributed by atoms with Crippen molar-refractivity contribution in [2.75, 3.05) is 19.6 Å². The number of nitrogens with zero attached hydrogens (tertiary/aromatic N) is 1. The molecule has 0 spiro atoms. The zero-order valence-electron chi connectivity index (χ0n) is 13.5. The van der Waals surface area contributed by atoms with Crippen LogP contribution in [0.4, 0.5) is 0 Å². The van der Waals surface area contributed by atoms with Crippen molar-refractivity contribution in [3.8, 4) is 0 Å². The van der Waals surface area contributed by atoms with Crippen LogP contribution in [0.5, 0.6) is 0 Å². The summed E-state index contributed by atoms with van der Waals surface area (Å²) < 4.78 is 0. The highest BCUT2D eigenvalue weighted by Gasteiger charge is 2.51. The molecule has 2 fully saturated rings. The van der Waals surface area contributed by atoms with Gasteiger partial charge in [0.15, 0.2) is 0 Å². The number of nitrogens with two attached hydrogens (primary N) is 1. The molecule has 1 saturated heterocycles. The van der Waals surface area contributed by atoms with E-state index >= 15 is 0 Å². The first-order valence-corrected chi connectivity index (χ1v) is 8.15. The number of likely N-dealkylation sites (tertiary alicyclic amines) is 1. The van der Waals surface area contributed by atoms with Crippen molar-refractivity contribution in [1.82, 2.24) is 10.2 Å². The van der Waals surface area contributed by atoms with E-state index in [4.69, 9.17) is 5.73 Å². The number of hydrogen-bond donors (Lipinski definition) is 2. The normalized spacial score (nSPS) is 31.2. The highest BCUT2D eigenvalue weighted by atomic mass is 16.1. The monoisotopic (exact) mass is 281 g/mol. The summed E-state index contributed by atoms with van der Waals surface area (Å²) in [4.78, 5) is 14.6. The largest absolute Gasteiger partial charge is 0.368 e. The van der Waals surface area contributed by atoms with Crippen LogP contribution >= 0.6 is 0 Å². The van der Waals surface area contributed by atoms with E-state index in [1.165, 1.54) is 6.42 Å². The van der Waals surface area contributed by atoms with E-state index in [-0.39, 0.29) is 11.9 Å². The van der Waals surface area contributed by atoms with Crippen molar-refractivity contribution in [2.24, 2.45) is 23.5 Å². The summed E-state index contributed by atoms with van der Waals surface area (Å²) in [6, 6.07) is 0.282. The Kier molecular flexibility index (Phi) is 4.75. The molecule has 1 heterocycles. The summed E-state index contributed by atoms with van der Waals surface area (Å²) in [7, 11) is 0. The Morgan fingerprint density at radius 3 is 2.40 bits per heavy atom. The Morgan fingerprint density at radius 2 is 1.95 bits per heavy atom. The van der Waals surface area contributed by atoms with Gasteiger partial charge in [0.2, 0.25) is 5.91 Å². The Bertz CT molecular complexity index is 354. The van der Waals surface area contributed by atoms with Gasteiger partial charge in [-0.25, -0.2) is 0 Å². The zero-order valence-corrected chi connectivity index (χ0v) is 13.5. The van der Waals surface area contributed by atoms with E-state index in [2.05, 4.69) is 37.9 Å². The van der Waals surface area contributed by atoms with Gasteiger partial charge >= 0.3 is 0 Å². The summed E-state index contributed by atoms with van der Waals surface area (Å²) in [5.41, 5.74) is 5.29. The molecule has 0 radical (unpaired) electrons. The molecule has 20 heavy (non-hydrogen) atoms. The first-order chi connectivity index (χ1) is 9.35. The average Bonchev–Trinajstić information content (AvgIpc) is 3.16. The number of primary amides is 1. The average molecular weight is 281 g/mol. The fourth-order valence-corrected chi connectivity index (χ4v) is 3.58. The lowest BCUT2D eigenvalue weighted by atomic mass is 9.85. The van der Waals surface area contributed by atoms with Crippen molar-refractivity contribution in [1.29, 1.82) is 0 Å². The van der Waals surface area contributed by atoms with Crippen molar-refractivity contribution < 1.29 is 4.79 Å². The lowest BCUT2D eigenvalue weighted by molar-refractivity contribution is -0.127. The van der Waals surface area contributed by atoms with Crippen LogP contribution in [0.3, 0.4) is 0 Å². The Labute approximate surface area is 123 Å². The third-order valence-electron chi connectivity index (χ3n) is 5.15. The number of rotatable bonds is 6. The molecule has 0 aromatic carbocycles. The van der Waals surface area contributed by atoms with Crippen molar-refractivity contribution in [3.63, 3.8) is 0 Å². The van der Waals surface area contributed by atoms with Crippen LogP contribution in [0.2, 0.25) is 0 Å². The Morgan fingerprint density at radius 1 is 1.30 bits per heavy atom. The van der Waals surface area contributed by atoms with E-state index < -0.39 is 5.54 Å². The lowest BCUT2D eigenvalue weighted by Crippen LogP contribution is -2.65. The molecule has 2 rings (SSSR count). The van der Waals surface area contributed by atoms with Crippen LogP contribution in [-0.2, 0) is 4.79 Å². The van der Waals surface area contributed by atoms with Crippen molar-refractivity contribution in [2.45, 2.75) is 58.5 Å². The van der Waals surface area contributed by atoms with E-state index in [0.29, 0.717) is 11.8 Å². The summed E-state index contributed by atoms with van der Waals surface area (Å²) in [6.45, 7) is 11.8. The predicted molar refractivity (Wildman–Crippen MR) is 82.3 cm³/mol. The van der Waals surface area contributed by atoms with Gasteiger partial charge in [0, 0.05) is 19.1 Å². The molecule has 0 aromatic rings. The molecular weight excluding hydrogens is 250 g/mol. The predicted octanol–water partition coefficient (Wildman–Crippen LogP) is 1.60. The standard InChI is InChI=1S/C16H31N3O/c1-11(2)18-16(15(17)20,14-5-6-14)10-19-8-7-12(3)13(4)9-19/h11-14,18H,5-10H2,1-4H3,(H2,17,20). The van der Waals surface area contributed by atoms with Gasteiger partial charge in [-0.2, -0.15) is 0 Å². The molecule has 0 bridgehead atoms. The van der Waals surface area contributed by atoms with Gasteiger partial charge in [0.05, 0.1) is 0 Å². The van der Waals surface area contributed by atoms with Crippen LogP contribution in [0, 0.1) is 17.8 Å². The highest BCUT2D eigenvalue weighted by Crippen LogP contribution is 2.41. The summed E-state index contributed by atoms with van der Waals surface area (Å²) in [5.74, 6) is 1.75. The second-order valence-corrected chi connectivity index (χ2v) is 7.39. The summed E-state index contributed by atoms with van der Waals surface area (Å²) in [6.07, 6.45) is 3.48. The molecule has 3 atom stereocenters. The van der Waals surface area contributed by atoms with E-state index in [1.54, 1.807) is 0 Å². The number of amides is 1. The SMILES string of the molecule is CC(C)NC(CN1CCC(C)C(C)C1)(C(N)=O)C1CC1. The molecule has 1 amide bonds. The zero-order chi connectivity index (χ0) is 14.9. The third kappa shape index (κ3) is 3.34. The van der Waals surface area contributed by atoms with Crippen LogP contribution in [0.25, 0.3) is 0 Å². The molecule has 4 heteroatoms. The molecule has 116 valence electrons. The molecule has 0 aromatic heterocycles. The third-order valence-corrected chi connectivity index (χ3v) is 5.15. The molecule has 1 aliphatic heterocycles.